The van der Waals surface area contributed by atoms with Gasteiger partial charge >= 0.3 is 0 Å². The minimum atomic E-state index is -0.250. The Hall–Kier alpha value is -0.910. The molecule has 6 heteroatoms. The van der Waals surface area contributed by atoms with E-state index in [4.69, 9.17) is 17.3 Å². The van der Waals surface area contributed by atoms with E-state index >= 15 is 0 Å². The zero-order valence-corrected chi connectivity index (χ0v) is 9.09. The van der Waals surface area contributed by atoms with E-state index < -0.39 is 0 Å². The van der Waals surface area contributed by atoms with Crippen LogP contribution in [0.1, 0.15) is 16.7 Å². The zero-order valence-electron chi connectivity index (χ0n) is 7.51. The molecular formula is C8H9ClN4S. The van der Waals surface area contributed by atoms with Crippen molar-refractivity contribution >= 4 is 22.9 Å². The summed E-state index contributed by atoms with van der Waals surface area (Å²) in [4.78, 5) is 0.992. The van der Waals surface area contributed by atoms with Gasteiger partial charge in [0.2, 0.25) is 0 Å². The lowest BCUT2D eigenvalue weighted by atomic mass is 10.2. The third-order valence-corrected chi connectivity index (χ3v) is 3.24. The predicted octanol–water partition coefficient (Wildman–Crippen LogP) is 1.58. The van der Waals surface area contributed by atoms with Crippen molar-refractivity contribution in [2.24, 2.45) is 12.8 Å². The van der Waals surface area contributed by atoms with Crippen LogP contribution in [0, 0.1) is 0 Å². The molecule has 0 spiro atoms. The molecule has 0 aromatic carbocycles. The Labute approximate surface area is 90.3 Å². The van der Waals surface area contributed by atoms with Gasteiger partial charge in [-0.2, -0.15) is 0 Å². The zero-order chi connectivity index (χ0) is 10.1. The average Bonchev–Trinajstić information content (AvgIpc) is 2.73. The first-order valence-corrected chi connectivity index (χ1v) is 5.22. The molecule has 2 rings (SSSR count). The predicted molar refractivity (Wildman–Crippen MR) is 56.4 cm³/mol. The Morgan fingerprint density at radius 2 is 2.36 bits per heavy atom. The van der Waals surface area contributed by atoms with Crippen molar-refractivity contribution in [1.82, 2.24) is 14.8 Å². The third-order valence-electron chi connectivity index (χ3n) is 1.93. The molecule has 0 fully saturated rings. The standard InChI is InChI=1S/C8H9ClN4S/c1-13-4-11-12-8(13)7(10)5-2-3-6(9)14-5/h2-4,7H,10H2,1H3. The second-order valence-electron chi connectivity index (χ2n) is 2.92. The maximum absolute atomic E-state index is 6.00. The first-order chi connectivity index (χ1) is 6.68. The van der Waals surface area contributed by atoms with Crippen molar-refractivity contribution in [3.63, 3.8) is 0 Å². The lowest BCUT2D eigenvalue weighted by molar-refractivity contribution is 0.723. The maximum Gasteiger partial charge on any atom is 0.154 e. The van der Waals surface area contributed by atoms with Crippen LogP contribution in [0.4, 0.5) is 0 Å². The molecule has 2 N–H and O–H groups in total. The minimum absolute atomic E-state index is 0.250. The summed E-state index contributed by atoms with van der Waals surface area (Å²) in [6, 6.07) is 3.49. The summed E-state index contributed by atoms with van der Waals surface area (Å²) in [5, 5.41) is 7.73. The second-order valence-corrected chi connectivity index (χ2v) is 4.67. The van der Waals surface area contributed by atoms with Gasteiger partial charge in [0.15, 0.2) is 5.82 Å². The topological polar surface area (TPSA) is 56.7 Å². The molecular weight excluding hydrogens is 220 g/mol. The van der Waals surface area contributed by atoms with Gasteiger partial charge in [0.05, 0.1) is 4.34 Å². The van der Waals surface area contributed by atoms with Gasteiger partial charge in [-0.3, -0.25) is 0 Å². The van der Waals surface area contributed by atoms with Crippen LogP contribution in [0.2, 0.25) is 4.34 Å². The van der Waals surface area contributed by atoms with E-state index in [-0.39, 0.29) is 6.04 Å². The highest BCUT2D eigenvalue weighted by Gasteiger charge is 2.15. The fourth-order valence-corrected chi connectivity index (χ4v) is 2.26. The van der Waals surface area contributed by atoms with Gasteiger partial charge in [-0.15, -0.1) is 21.5 Å². The average molecular weight is 229 g/mol. The molecule has 0 saturated carbocycles. The first-order valence-electron chi connectivity index (χ1n) is 4.03. The van der Waals surface area contributed by atoms with Gasteiger partial charge < -0.3 is 10.3 Å². The molecule has 74 valence electrons. The summed E-state index contributed by atoms with van der Waals surface area (Å²) in [5.41, 5.74) is 6.00. The third kappa shape index (κ3) is 1.66. The lowest BCUT2D eigenvalue weighted by Crippen LogP contribution is -2.15. The number of aromatic nitrogens is 3. The van der Waals surface area contributed by atoms with E-state index in [2.05, 4.69) is 10.2 Å². The largest absolute Gasteiger partial charge is 0.319 e. The van der Waals surface area contributed by atoms with Crippen LogP contribution < -0.4 is 5.73 Å². The first kappa shape index (κ1) is 9.64. The van der Waals surface area contributed by atoms with Crippen LogP contribution in [-0.4, -0.2) is 14.8 Å². The van der Waals surface area contributed by atoms with Crippen LogP contribution in [0.3, 0.4) is 0 Å². The van der Waals surface area contributed by atoms with E-state index in [9.17, 15) is 0 Å². The SMILES string of the molecule is Cn1cnnc1C(N)c1ccc(Cl)s1. The van der Waals surface area contributed by atoms with Crippen molar-refractivity contribution in [2.75, 3.05) is 0 Å². The van der Waals surface area contributed by atoms with Crippen LogP contribution in [0.25, 0.3) is 0 Å². The fraction of sp³-hybridized carbons (Fsp3) is 0.250. The molecule has 2 aromatic heterocycles. The Kier molecular flexibility index (Phi) is 2.54. The van der Waals surface area contributed by atoms with Crippen LogP contribution in [0.15, 0.2) is 18.5 Å². The van der Waals surface area contributed by atoms with Crippen LogP contribution >= 0.6 is 22.9 Å². The Morgan fingerprint density at radius 1 is 1.57 bits per heavy atom. The monoisotopic (exact) mass is 228 g/mol. The number of hydrogen-bond acceptors (Lipinski definition) is 4. The summed E-state index contributed by atoms with van der Waals surface area (Å²) in [6.45, 7) is 0. The van der Waals surface area contributed by atoms with Crippen molar-refractivity contribution in [3.8, 4) is 0 Å². The van der Waals surface area contributed by atoms with Gasteiger partial charge in [-0.25, -0.2) is 0 Å². The maximum atomic E-state index is 6.00. The van der Waals surface area contributed by atoms with Gasteiger partial charge in [0.25, 0.3) is 0 Å². The van der Waals surface area contributed by atoms with Gasteiger partial charge in [0, 0.05) is 11.9 Å². The van der Waals surface area contributed by atoms with Crippen LogP contribution in [0.5, 0.6) is 0 Å². The molecule has 14 heavy (non-hydrogen) atoms. The highest BCUT2D eigenvalue weighted by Crippen LogP contribution is 2.28. The molecule has 1 unspecified atom stereocenters. The summed E-state index contributed by atoms with van der Waals surface area (Å²) in [6.07, 6.45) is 1.63. The number of nitrogens with zero attached hydrogens (tertiary/aromatic N) is 3. The molecule has 0 aliphatic heterocycles. The number of rotatable bonds is 2. The van der Waals surface area contributed by atoms with E-state index in [1.165, 1.54) is 11.3 Å². The number of aryl methyl sites for hydroxylation is 1. The van der Waals surface area contributed by atoms with Gasteiger partial charge in [0.1, 0.15) is 12.4 Å². The van der Waals surface area contributed by atoms with Crippen LogP contribution in [-0.2, 0) is 7.05 Å². The van der Waals surface area contributed by atoms with E-state index in [0.717, 1.165) is 15.0 Å². The van der Waals surface area contributed by atoms with Gasteiger partial charge in [-0.05, 0) is 12.1 Å². The molecule has 0 radical (unpaired) electrons. The summed E-state index contributed by atoms with van der Waals surface area (Å²) >= 11 is 7.29. The molecule has 4 nitrogen and oxygen atoms in total. The van der Waals surface area contributed by atoms with Gasteiger partial charge in [-0.1, -0.05) is 11.6 Å². The molecule has 0 aliphatic rings. The van der Waals surface area contributed by atoms with E-state index in [0.29, 0.717) is 0 Å². The number of halogens is 1. The Morgan fingerprint density at radius 3 is 2.86 bits per heavy atom. The smallest absolute Gasteiger partial charge is 0.154 e. The summed E-state index contributed by atoms with van der Waals surface area (Å²) in [5.74, 6) is 0.739. The minimum Gasteiger partial charge on any atom is -0.319 e. The number of thiophene rings is 1. The Balaban J connectivity index is 2.33. The van der Waals surface area contributed by atoms with Crippen molar-refractivity contribution < 1.29 is 0 Å². The second kappa shape index (κ2) is 3.68. The highest BCUT2D eigenvalue weighted by atomic mass is 35.5. The van der Waals surface area contributed by atoms with Crippen molar-refractivity contribution in [1.29, 1.82) is 0 Å². The molecule has 2 heterocycles. The quantitative estimate of drug-likeness (QED) is 0.849. The lowest BCUT2D eigenvalue weighted by Gasteiger charge is -2.07. The molecule has 0 aliphatic carbocycles. The normalized spacial score (nSPS) is 13.1. The fourth-order valence-electron chi connectivity index (χ4n) is 1.20. The number of hydrogen-bond donors (Lipinski definition) is 1. The summed E-state index contributed by atoms with van der Waals surface area (Å²) in [7, 11) is 1.87. The van der Waals surface area contributed by atoms with Crippen molar-refractivity contribution in [3.05, 3.63) is 33.5 Å². The molecule has 2 aromatic rings. The molecule has 0 saturated heterocycles. The van der Waals surface area contributed by atoms with E-state index in [1.54, 1.807) is 10.9 Å². The van der Waals surface area contributed by atoms with Crippen molar-refractivity contribution in [2.45, 2.75) is 6.04 Å². The molecule has 0 amide bonds. The summed E-state index contributed by atoms with van der Waals surface area (Å²) < 4.78 is 2.54. The highest BCUT2D eigenvalue weighted by molar-refractivity contribution is 7.16. The molecule has 1 atom stereocenters. The number of nitrogens with two attached hydrogens (primary N) is 1. The molecule has 0 bridgehead atoms. The Bertz CT molecular complexity index is 436. The van der Waals surface area contributed by atoms with E-state index in [1.807, 2.05) is 19.2 Å².